The molecule has 1 aliphatic heterocycles. The minimum Gasteiger partial charge on any atom is -0.463 e. The van der Waals surface area contributed by atoms with Gasteiger partial charge in [0.15, 0.2) is 23.1 Å². The molecule has 226 valence electrons. The number of benzene rings is 1. The van der Waals surface area contributed by atoms with Gasteiger partial charge in [-0.05, 0) is 69.3 Å². The van der Waals surface area contributed by atoms with E-state index in [1.165, 1.54) is 24.8 Å². The van der Waals surface area contributed by atoms with Crippen LogP contribution < -0.4 is 11.1 Å². The molecule has 1 amide bonds. The number of amides is 1. The van der Waals surface area contributed by atoms with Crippen molar-refractivity contribution in [3.63, 3.8) is 0 Å². The van der Waals surface area contributed by atoms with E-state index in [2.05, 4.69) is 52.0 Å². The fraction of sp³-hybridized carbons (Fsp3) is 0.545. The molecule has 6 rings (SSSR count). The second kappa shape index (κ2) is 12.7. The molecule has 1 saturated heterocycles. The number of ether oxygens (including phenoxy) is 1. The first-order chi connectivity index (χ1) is 20.9. The fourth-order valence-corrected chi connectivity index (χ4v) is 7.01. The number of imidazole rings is 1. The highest BCUT2D eigenvalue weighted by Crippen LogP contribution is 2.42. The first-order valence-electron chi connectivity index (χ1n) is 15.6. The van der Waals surface area contributed by atoms with Crippen LogP contribution in [-0.4, -0.2) is 55.8 Å². The van der Waals surface area contributed by atoms with Gasteiger partial charge in [0.1, 0.15) is 11.3 Å². The number of terminal acetylenes is 1. The van der Waals surface area contributed by atoms with Gasteiger partial charge >= 0.3 is 6.09 Å². The molecule has 3 heterocycles. The number of carbonyl (C=O) groups is 1. The average molecular weight is 584 g/mol. The second-order valence-corrected chi connectivity index (χ2v) is 12.4. The summed E-state index contributed by atoms with van der Waals surface area (Å²) >= 11 is 0. The van der Waals surface area contributed by atoms with Gasteiger partial charge in [-0.1, -0.05) is 36.8 Å². The molecule has 3 atom stereocenters. The molecule has 0 spiro atoms. The number of hydrogen-bond acceptors (Lipinski definition) is 6. The molecule has 1 aromatic carbocycles. The minimum atomic E-state index is -1.39. The molecule has 3 aromatic rings. The van der Waals surface area contributed by atoms with Crippen molar-refractivity contribution in [2.75, 3.05) is 18.5 Å². The number of amidine groups is 1. The van der Waals surface area contributed by atoms with Gasteiger partial charge in [0.05, 0.1) is 6.61 Å². The van der Waals surface area contributed by atoms with Crippen molar-refractivity contribution in [1.29, 1.82) is 0 Å². The number of carboxylic acid groups (broad SMARTS) is 1. The van der Waals surface area contributed by atoms with Gasteiger partial charge in [0, 0.05) is 36.9 Å². The van der Waals surface area contributed by atoms with Crippen LogP contribution in [0.25, 0.3) is 11.2 Å². The van der Waals surface area contributed by atoms with Gasteiger partial charge in [-0.15, -0.1) is 12.3 Å². The van der Waals surface area contributed by atoms with Crippen LogP contribution >= 0.6 is 0 Å². The first-order valence-corrected chi connectivity index (χ1v) is 15.6. The molecular weight excluding hydrogens is 542 g/mol. The number of aromatic nitrogens is 4. The molecule has 2 saturated carbocycles. The Morgan fingerprint density at radius 3 is 2.58 bits per heavy atom. The Balaban J connectivity index is 1.49. The van der Waals surface area contributed by atoms with E-state index in [1.54, 1.807) is 0 Å². The van der Waals surface area contributed by atoms with Crippen LogP contribution in [0.4, 0.5) is 10.6 Å². The lowest BCUT2D eigenvalue weighted by atomic mass is 9.80. The number of nitrogens with zero attached hydrogens (tertiary/aromatic N) is 5. The minimum absolute atomic E-state index is 0.0653. The Labute approximate surface area is 252 Å². The van der Waals surface area contributed by atoms with E-state index in [0.717, 1.165) is 50.0 Å². The molecule has 0 radical (unpaired) electrons. The van der Waals surface area contributed by atoms with Crippen LogP contribution in [0.3, 0.4) is 0 Å². The van der Waals surface area contributed by atoms with Crippen molar-refractivity contribution in [2.45, 2.75) is 82.7 Å². The summed E-state index contributed by atoms with van der Waals surface area (Å²) in [5.41, 5.74) is 8.66. The van der Waals surface area contributed by atoms with Crippen molar-refractivity contribution in [2.24, 2.45) is 28.5 Å². The van der Waals surface area contributed by atoms with Crippen LogP contribution in [-0.2, 0) is 11.3 Å². The topological polar surface area (TPSA) is 141 Å². The third kappa shape index (κ3) is 6.23. The van der Waals surface area contributed by atoms with Crippen LogP contribution in [0.1, 0.15) is 87.3 Å². The van der Waals surface area contributed by atoms with Crippen molar-refractivity contribution in [3.8, 4) is 12.3 Å². The molecule has 3 unspecified atom stereocenters. The quantitative estimate of drug-likeness (QED) is 0.178. The van der Waals surface area contributed by atoms with Crippen LogP contribution in [0, 0.1) is 30.1 Å². The molecule has 4 N–H and O–H groups in total. The summed E-state index contributed by atoms with van der Waals surface area (Å²) in [7, 11) is 0. The average Bonchev–Trinajstić information content (AvgIpc) is 3.35. The maximum atomic E-state index is 11.4. The zero-order chi connectivity index (χ0) is 29.9. The third-order valence-electron chi connectivity index (χ3n) is 9.74. The van der Waals surface area contributed by atoms with Gasteiger partial charge in [-0.25, -0.2) is 19.7 Å². The highest BCUT2D eigenvalue weighted by Gasteiger charge is 2.35. The van der Waals surface area contributed by atoms with Gasteiger partial charge in [0.25, 0.3) is 0 Å². The van der Waals surface area contributed by atoms with E-state index in [0.29, 0.717) is 42.4 Å². The molecule has 2 aliphatic carbocycles. The van der Waals surface area contributed by atoms with Crippen molar-refractivity contribution in [3.05, 3.63) is 47.5 Å². The van der Waals surface area contributed by atoms with Gasteiger partial charge < -0.3 is 25.5 Å². The lowest BCUT2D eigenvalue weighted by molar-refractivity contribution is 0.0647. The Bertz CT molecular complexity index is 1520. The van der Waals surface area contributed by atoms with Gasteiger partial charge in [-0.2, -0.15) is 4.99 Å². The SMILES string of the molecule is C#CC1CCC(Cn2c(C3CCOCC3c3ccccc3)nc3nc(C(N)=NC(=O)O)nc(NC(C)C4CCC4)c32)CC1. The van der Waals surface area contributed by atoms with Crippen molar-refractivity contribution < 1.29 is 14.6 Å². The molecule has 10 heteroatoms. The lowest BCUT2D eigenvalue weighted by Crippen LogP contribution is -2.32. The van der Waals surface area contributed by atoms with Crippen LogP contribution in [0.2, 0.25) is 0 Å². The third-order valence-corrected chi connectivity index (χ3v) is 9.74. The van der Waals surface area contributed by atoms with E-state index in [4.69, 9.17) is 31.8 Å². The zero-order valence-electron chi connectivity index (χ0n) is 24.8. The van der Waals surface area contributed by atoms with Crippen LogP contribution in [0.15, 0.2) is 35.3 Å². The largest absolute Gasteiger partial charge is 0.463 e. The Kier molecular flexibility index (Phi) is 8.61. The molecule has 0 bridgehead atoms. The predicted molar refractivity (Wildman–Crippen MR) is 166 cm³/mol. The molecule has 2 aromatic heterocycles. The summed E-state index contributed by atoms with van der Waals surface area (Å²) in [6.45, 7) is 4.24. The van der Waals surface area contributed by atoms with E-state index < -0.39 is 6.09 Å². The summed E-state index contributed by atoms with van der Waals surface area (Å²) in [6.07, 6.45) is 12.9. The van der Waals surface area contributed by atoms with E-state index >= 15 is 0 Å². The van der Waals surface area contributed by atoms with Crippen LogP contribution in [0.5, 0.6) is 0 Å². The fourth-order valence-electron chi connectivity index (χ4n) is 7.01. The van der Waals surface area contributed by atoms with E-state index in [-0.39, 0.29) is 29.5 Å². The van der Waals surface area contributed by atoms with Crippen molar-refractivity contribution in [1.82, 2.24) is 19.5 Å². The molecular formula is C33H41N7O3. The van der Waals surface area contributed by atoms with Crippen molar-refractivity contribution >= 4 is 28.9 Å². The normalized spacial score (nSPS) is 25.5. The van der Waals surface area contributed by atoms with Gasteiger partial charge in [-0.3, -0.25) is 0 Å². The number of hydrogen-bond donors (Lipinski definition) is 3. The number of aliphatic imine (C=N–C) groups is 1. The monoisotopic (exact) mass is 583 g/mol. The standard InChI is InChI=1S/C33H41N7O3/c1-3-21-12-14-22(15-13-21)18-40-27-29(35-20(2)23-10-7-11-23)37-31(28(34)36-33(41)42)38-30(27)39-32(40)25-16-17-43-19-26(25)24-8-5-4-6-9-24/h1,4-6,8-9,20-23,25-26H,7,10-19H2,2H3,(H2,34,36)(H,41,42)(H,35,37,38). The zero-order valence-corrected chi connectivity index (χ0v) is 24.8. The Morgan fingerprint density at radius 2 is 1.91 bits per heavy atom. The number of nitrogens with two attached hydrogens (primary N) is 1. The number of anilines is 1. The number of rotatable bonds is 8. The summed E-state index contributed by atoms with van der Waals surface area (Å²) in [5.74, 6) is 5.95. The van der Waals surface area contributed by atoms with E-state index in [1.807, 2.05) is 6.07 Å². The lowest BCUT2D eigenvalue weighted by Gasteiger charge is -2.34. The highest BCUT2D eigenvalue weighted by atomic mass is 16.5. The molecule has 3 aliphatic rings. The summed E-state index contributed by atoms with van der Waals surface area (Å²) in [5, 5.41) is 12.9. The molecule has 3 fully saturated rings. The maximum absolute atomic E-state index is 11.4. The maximum Gasteiger partial charge on any atom is 0.433 e. The molecule has 43 heavy (non-hydrogen) atoms. The Hall–Kier alpha value is -3.97. The highest BCUT2D eigenvalue weighted by molar-refractivity contribution is 6.01. The number of nitrogens with one attached hydrogen (secondary N) is 1. The summed E-state index contributed by atoms with van der Waals surface area (Å²) < 4.78 is 8.34. The molecule has 10 nitrogen and oxygen atoms in total. The Morgan fingerprint density at radius 1 is 1.14 bits per heavy atom. The predicted octanol–water partition coefficient (Wildman–Crippen LogP) is 5.54. The number of fused-ring (bicyclic) bond motifs is 1. The summed E-state index contributed by atoms with van der Waals surface area (Å²) in [4.78, 5) is 29.6. The van der Waals surface area contributed by atoms with E-state index in [9.17, 15) is 9.90 Å². The summed E-state index contributed by atoms with van der Waals surface area (Å²) in [6, 6.07) is 10.7. The van der Waals surface area contributed by atoms with Gasteiger partial charge in [0.2, 0.25) is 0 Å². The first kappa shape index (κ1) is 29.1. The second-order valence-electron chi connectivity index (χ2n) is 12.4. The smallest absolute Gasteiger partial charge is 0.433 e.